The molecule has 29 heavy (non-hydrogen) atoms. The molecule has 1 aromatic carbocycles. The Balaban J connectivity index is 1.35. The number of hydrogen-bond donors (Lipinski definition) is 3. The number of hydrogen-bond acceptors (Lipinski definition) is 6. The summed E-state index contributed by atoms with van der Waals surface area (Å²) >= 11 is 0. The highest BCUT2D eigenvalue weighted by Gasteiger charge is 2.55. The molecule has 6 amide bonds. The molecule has 2 heterocycles. The first-order valence-corrected chi connectivity index (χ1v) is 9.53. The second-order valence-corrected chi connectivity index (χ2v) is 7.51. The third kappa shape index (κ3) is 3.45. The molecule has 1 spiro atoms. The molecule has 1 aliphatic carbocycles. The highest BCUT2D eigenvalue weighted by molar-refractivity contribution is 6.10. The Morgan fingerprint density at radius 2 is 2.03 bits per heavy atom. The van der Waals surface area contributed by atoms with Crippen molar-refractivity contribution >= 4 is 29.6 Å². The zero-order chi connectivity index (χ0) is 20.6. The summed E-state index contributed by atoms with van der Waals surface area (Å²) in [7, 11) is 0. The van der Waals surface area contributed by atoms with Gasteiger partial charge in [0, 0.05) is 11.8 Å². The molecule has 1 saturated heterocycles. The average Bonchev–Trinajstić information content (AvgIpc) is 3.23. The van der Waals surface area contributed by atoms with E-state index in [-0.39, 0.29) is 12.7 Å². The lowest BCUT2D eigenvalue weighted by Gasteiger charge is -2.36. The van der Waals surface area contributed by atoms with Crippen LogP contribution in [-0.4, -0.2) is 47.7 Å². The van der Waals surface area contributed by atoms with Gasteiger partial charge in [-0.1, -0.05) is 19.8 Å². The van der Waals surface area contributed by atoms with E-state index in [1.54, 1.807) is 18.2 Å². The van der Waals surface area contributed by atoms with Gasteiger partial charge in [0.2, 0.25) is 12.7 Å². The van der Waals surface area contributed by atoms with Gasteiger partial charge in [0.15, 0.2) is 11.5 Å². The maximum atomic E-state index is 12.9. The fraction of sp³-hybridized carbons (Fsp3) is 0.474. The highest BCUT2D eigenvalue weighted by atomic mass is 16.7. The third-order valence-electron chi connectivity index (χ3n) is 5.69. The number of benzene rings is 1. The number of urea groups is 2. The van der Waals surface area contributed by atoms with Crippen LogP contribution in [0.3, 0.4) is 0 Å². The topological polar surface area (TPSA) is 126 Å². The van der Waals surface area contributed by atoms with Crippen molar-refractivity contribution < 1.29 is 28.7 Å². The Kier molecular flexibility index (Phi) is 4.77. The van der Waals surface area contributed by atoms with Crippen LogP contribution in [0.2, 0.25) is 0 Å². The van der Waals surface area contributed by atoms with Crippen LogP contribution < -0.4 is 25.4 Å². The lowest BCUT2D eigenvalue weighted by Crippen LogP contribution is -2.54. The zero-order valence-electron chi connectivity index (χ0n) is 15.9. The Hall–Kier alpha value is -3.30. The minimum atomic E-state index is -0.940. The van der Waals surface area contributed by atoms with E-state index in [1.807, 2.05) is 6.92 Å². The molecule has 3 N–H and O–H groups in total. The van der Waals surface area contributed by atoms with Gasteiger partial charge in [0.25, 0.3) is 5.91 Å². The largest absolute Gasteiger partial charge is 0.454 e. The van der Waals surface area contributed by atoms with Crippen LogP contribution in [0.5, 0.6) is 11.5 Å². The first-order chi connectivity index (χ1) is 13.9. The van der Waals surface area contributed by atoms with E-state index >= 15 is 0 Å². The van der Waals surface area contributed by atoms with Crippen molar-refractivity contribution in [1.29, 1.82) is 0 Å². The van der Waals surface area contributed by atoms with E-state index in [1.165, 1.54) is 0 Å². The number of ether oxygens (including phenoxy) is 2. The van der Waals surface area contributed by atoms with E-state index in [0.29, 0.717) is 23.6 Å². The summed E-state index contributed by atoms with van der Waals surface area (Å²) in [5.41, 5.74) is -0.533. The number of rotatable bonds is 3. The summed E-state index contributed by atoms with van der Waals surface area (Å²) in [4.78, 5) is 50.4. The number of fused-ring (bicyclic) bond motifs is 1. The molecule has 10 heteroatoms. The Morgan fingerprint density at radius 3 is 2.83 bits per heavy atom. The summed E-state index contributed by atoms with van der Waals surface area (Å²) in [5.74, 6) is -0.111. The second-order valence-electron chi connectivity index (χ2n) is 7.51. The highest BCUT2D eigenvalue weighted by Crippen LogP contribution is 2.38. The van der Waals surface area contributed by atoms with Crippen molar-refractivity contribution in [3.63, 3.8) is 0 Å². The van der Waals surface area contributed by atoms with Crippen LogP contribution in [0.25, 0.3) is 0 Å². The smallest absolute Gasteiger partial charge is 0.325 e. The first-order valence-electron chi connectivity index (χ1n) is 9.53. The molecule has 3 aliphatic rings. The molecule has 0 bridgehead atoms. The molecule has 0 radical (unpaired) electrons. The molecule has 10 nitrogen and oxygen atoms in total. The maximum Gasteiger partial charge on any atom is 0.325 e. The lowest BCUT2D eigenvalue weighted by atomic mass is 9.73. The van der Waals surface area contributed by atoms with Crippen LogP contribution in [0.4, 0.5) is 15.3 Å². The number of imide groups is 2. The normalized spacial score (nSPS) is 25.1. The van der Waals surface area contributed by atoms with Gasteiger partial charge in [-0.15, -0.1) is 0 Å². The monoisotopic (exact) mass is 402 g/mol. The van der Waals surface area contributed by atoms with Crippen molar-refractivity contribution in [3.8, 4) is 11.5 Å². The van der Waals surface area contributed by atoms with E-state index in [9.17, 15) is 19.2 Å². The number of nitrogens with zero attached hydrogens (tertiary/aromatic N) is 1. The predicted molar refractivity (Wildman–Crippen MR) is 100 cm³/mol. The standard InChI is InChI=1S/C19H22N4O6/c1-11-4-2-3-7-19(11)16(25)23(18(27)22-19)9-15(24)21-17(26)20-12-5-6-13-14(8-12)29-10-28-13/h5-6,8,11H,2-4,7,9-10H2,1H3,(H,22,27)(H2,20,21,24,26)/t11-,19+/m0/s1. The molecule has 1 aromatic rings. The minimum absolute atomic E-state index is 0.00457. The van der Waals surface area contributed by atoms with Crippen molar-refractivity contribution in [2.45, 2.75) is 38.1 Å². The van der Waals surface area contributed by atoms with Crippen LogP contribution >= 0.6 is 0 Å². The minimum Gasteiger partial charge on any atom is -0.454 e. The number of amides is 6. The quantitative estimate of drug-likeness (QED) is 0.659. The number of nitrogens with one attached hydrogen (secondary N) is 3. The molecule has 1 saturated carbocycles. The predicted octanol–water partition coefficient (Wildman–Crippen LogP) is 1.56. The van der Waals surface area contributed by atoms with Crippen molar-refractivity contribution in [2.75, 3.05) is 18.7 Å². The molecule has 2 aliphatic heterocycles. The van der Waals surface area contributed by atoms with Gasteiger partial charge in [-0.05, 0) is 30.9 Å². The SMILES string of the molecule is C[C@H]1CCCC[C@@]12NC(=O)N(CC(=O)NC(=O)Nc1ccc3c(c1)OCO3)C2=O. The summed E-state index contributed by atoms with van der Waals surface area (Å²) < 4.78 is 10.4. The number of carbonyl (C=O) groups is 4. The van der Waals surface area contributed by atoms with E-state index in [2.05, 4.69) is 16.0 Å². The van der Waals surface area contributed by atoms with Crippen molar-refractivity contribution in [1.82, 2.24) is 15.5 Å². The fourth-order valence-corrected chi connectivity index (χ4v) is 4.09. The maximum absolute atomic E-state index is 12.9. The molecular formula is C19H22N4O6. The van der Waals surface area contributed by atoms with Crippen molar-refractivity contribution in [2.24, 2.45) is 5.92 Å². The zero-order valence-corrected chi connectivity index (χ0v) is 15.9. The van der Waals surface area contributed by atoms with Crippen LogP contribution in [0.15, 0.2) is 18.2 Å². The molecule has 0 unspecified atom stereocenters. The first kappa shape index (κ1) is 19.0. The molecule has 0 aromatic heterocycles. The molecule has 4 rings (SSSR count). The summed E-state index contributed by atoms with van der Waals surface area (Å²) in [6.45, 7) is 1.52. The Bertz CT molecular complexity index is 887. The molecular weight excluding hydrogens is 380 g/mol. The number of anilines is 1. The average molecular weight is 402 g/mol. The van der Waals surface area contributed by atoms with Gasteiger partial charge in [-0.2, -0.15) is 0 Å². The van der Waals surface area contributed by atoms with Gasteiger partial charge in [0.1, 0.15) is 12.1 Å². The van der Waals surface area contributed by atoms with Crippen LogP contribution in [0.1, 0.15) is 32.6 Å². The molecule has 154 valence electrons. The van der Waals surface area contributed by atoms with E-state index < -0.39 is 36.0 Å². The van der Waals surface area contributed by atoms with Gasteiger partial charge in [-0.3, -0.25) is 19.8 Å². The summed E-state index contributed by atoms with van der Waals surface area (Å²) in [6.07, 6.45) is 3.24. The van der Waals surface area contributed by atoms with Gasteiger partial charge in [0.05, 0.1) is 0 Å². The van der Waals surface area contributed by atoms with Crippen LogP contribution in [-0.2, 0) is 9.59 Å². The number of carbonyl (C=O) groups excluding carboxylic acids is 4. The van der Waals surface area contributed by atoms with Gasteiger partial charge < -0.3 is 20.1 Å². The van der Waals surface area contributed by atoms with Crippen LogP contribution in [0, 0.1) is 5.92 Å². The Morgan fingerprint density at radius 1 is 1.24 bits per heavy atom. The fourth-order valence-electron chi connectivity index (χ4n) is 4.09. The molecule has 2 atom stereocenters. The van der Waals surface area contributed by atoms with E-state index in [4.69, 9.17) is 9.47 Å². The molecule has 2 fully saturated rings. The van der Waals surface area contributed by atoms with Gasteiger partial charge in [-0.25, -0.2) is 9.59 Å². The van der Waals surface area contributed by atoms with Crippen molar-refractivity contribution in [3.05, 3.63) is 18.2 Å². The van der Waals surface area contributed by atoms with Gasteiger partial charge >= 0.3 is 12.1 Å². The summed E-state index contributed by atoms with van der Waals surface area (Å²) in [5, 5.41) is 7.41. The Labute approximate surface area is 166 Å². The van der Waals surface area contributed by atoms with E-state index in [0.717, 1.165) is 24.2 Å². The second kappa shape index (κ2) is 7.26. The summed E-state index contributed by atoms with van der Waals surface area (Å²) in [6, 6.07) is 3.43. The third-order valence-corrected chi connectivity index (χ3v) is 5.69. The lowest BCUT2D eigenvalue weighted by molar-refractivity contribution is -0.137.